The van der Waals surface area contributed by atoms with Crippen molar-refractivity contribution in [1.29, 1.82) is 0 Å². The van der Waals surface area contributed by atoms with Gasteiger partial charge >= 0.3 is 5.69 Å². The number of nitrogens with zero attached hydrogens (tertiary/aromatic N) is 4. The van der Waals surface area contributed by atoms with Crippen LogP contribution in [0.25, 0.3) is 11.2 Å². The molecule has 2 rings (SSSR count). The van der Waals surface area contributed by atoms with Crippen LogP contribution in [0, 0.1) is 0 Å². The zero-order valence-corrected chi connectivity index (χ0v) is 14.3. The van der Waals surface area contributed by atoms with Crippen molar-refractivity contribution in [3.8, 4) is 0 Å². The van der Waals surface area contributed by atoms with Gasteiger partial charge in [-0.15, -0.1) is 0 Å². The number of rotatable bonds is 5. The predicted molar refractivity (Wildman–Crippen MR) is 91.8 cm³/mol. The van der Waals surface area contributed by atoms with Gasteiger partial charge < -0.3 is 15.6 Å². The molecule has 0 aromatic carbocycles. The van der Waals surface area contributed by atoms with Crippen molar-refractivity contribution in [3.63, 3.8) is 0 Å². The van der Waals surface area contributed by atoms with Gasteiger partial charge in [-0.25, -0.2) is 4.79 Å². The largest absolute Gasteiger partial charge is 0.354 e. The van der Waals surface area contributed by atoms with Crippen LogP contribution in [-0.2, 0) is 20.6 Å². The van der Waals surface area contributed by atoms with E-state index in [1.807, 2.05) is 26.8 Å². The third-order valence-electron chi connectivity index (χ3n) is 3.61. The van der Waals surface area contributed by atoms with Crippen molar-refractivity contribution < 1.29 is 0 Å². The van der Waals surface area contributed by atoms with Gasteiger partial charge in [0.15, 0.2) is 11.2 Å². The average Bonchev–Trinajstić information content (AvgIpc) is 2.85. The molecule has 0 saturated carbocycles. The molecule has 2 heterocycles. The van der Waals surface area contributed by atoms with Gasteiger partial charge in [0.1, 0.15) is 0 Å². The first-order valence-corrected chi connectivity index (χ1v) is 7.53. The highest BCUT2D eigenvalue weighted by atomic mass is 16.2. The fourth-order valence-electron chi connectivity index (χ4n) is 2.29. The maximum absolute atomic E-state index is 12.5. The molecule has 1 atom stereocenters. The molecule has 23 heavy (non-hydrogen) atoms. The Balaban J connectivity index is 2.74. The van der Waals surface area contributed by atoms with E-state index in [9.17, 15) is 9.59 Å². The van der Waals surface area contributed by atoms with E-state index in [-0.39, 0.29) is 11.6 Å². The van der Waals surface area contributed by atoms with E-state index in [1.54, 1.807) is 11.6 Å². The number of imidazole rings is 1. The number of aromatic nitrogens is 4. The van der Waals surface area contributed by atoms with Crippen molar-refractivity contribution in [2.45, 2.75) is 33.4 Å². The van der Waals surface area contributed by atoms with Crippen LogP contribution in [0.2, 0.25) is 0 Å². The summed E-state index contributed by atoms with van der Waals surface area (Å²) in [6.07, 6.45) is 2.00. The molecule has 126 valence electrons. The fourth-order valence-corrected chi connectivity index (χ4v) is 2.29. The number of aryl methyl sites for hydroxylation is 1. The highest BCUT2D eigenvalue weighted by Crippen LogP contribution is 2.16. The number of fused-ring (bicyclic) bond motifs is 1. The van der Waals surface area contributed by atoms with Crippen LogP contribution in [0.5, 0.6) is 0 Å². The van der Waals surface area contributed by atoms with Crippen molar-refractivity contribution in [2.24, 2.45) is 19.8 Å². The summed E-state index contributed by atoms with van der Waals surface area (Å²) in [7, 11) is 3.08. The summed E-state index contributed by atoms with van der Waals surface area (Å²) in [5, 5.41) is 3.15. The lowest BCUT2D eigenvalue weighted by Gasteiger charge is -2.10. The Morgan fingerprint density at radius 3 is 2.52 bits per heavy atom. The van der Waals surface area contributed by atoms with Gasteiger partial charge in [0, 0.05) is 33.2 Å². The predicted octanol–water partition coefficient (Wildman–Crippen LogP) is 0.159. The molecule has 0 saturated heterocycles. The summed E-state index contributed by atoms with van der Waals surface area (Å²) in [6, 6.07) is -0.0571. The molecule has 0 unspecified atom stereocenters. The molecule has 0 aliphatic carbocycles. The highest BCUT2D eigenvalue weighted by molar-refractivity contribution is 5.74. The maximum Gasteiger partial charge on any atom is 0.332 e. The molecular formula is C15H24N6O2. The number of allylic oxidation sites excluding steroid dienone is 2. The Bertz CT molecular complexity index is 865. The van der Waals surface area contributed by atoms with Gasteiger partial charge in [0.2, 0.25) is 5.95 Å². The monoisotopic (exact) mass is 320 g/mol. The third kappa shape index (κ3) is 3.21. The van der Waals surface area contributed by atoms with Gasteiger partial charge in [-0.3, -0.25) is 13.9 Å². The molecule has 2 aromatic heterocycles. The standard InChI is InChI=1S/C15H24N6O2/c1-9(2)6-7-21-11-12(18-14(21)17-8-10(3)16)19(4)15(23)20(5)13(11)22/h6,10H,7-8,16H2,1-5H3,(H,17,18)/t10-/m0/s1. The van der Waals surface area contributed by atoms with Crippen molar-refractivity contribution in [2.75, 3.05) is 11.9 Å². The van der Waals surface area contributed by atoms with Crippen molar-refractivity contribution in [3.05, 3.63) is 32.5 Å². The molecule has 0 aliphatic heterocycles. The van der Waals surface area contributed by atoms with Crippen LogP contribution in [-0.4, -0.2) is 31.3 Å². The van der Waals surface area contributed by atoms with Gasteiger partial charge in [0.25, 0.3) is 5.56 Å². The van der Waals surface area contributed by atoms with E-state index in [1.165, 1.54) is 11.6 Å². The van der Waals surface area contributed by atoms with Crippen LogP contribution in [0.3, 0.4) is 0 Å². The Kier molecular flexibility index (Phi) is 4.74. The molecule has 0 bridgehead atoms. The summed E-state index contributed by atoms with van der Waals surface area (Å²) in [6.45, 7) is 6.87. The Morgan fingerprint density at radius 2 is 1.96 bits per heavy atom. The highest BCUT2D eigenvalue weighted by Gasteiger charge is 2.18. The molecule has 0 amide bonds. The quantitative estimate of drug-likeness (QED) is 0.764. The number of hydrogen-bond acceptors (Lipinski definition) is 5. The summed E-state index contributed by atoms with van der Waals surface area (Å²) in [5.41, 5.74) is 6.93. The number of nitrogens with two attached hydrogens (primary N) is 1. The van der Waals surface area contributed by atoms with E-state index in [0.717, 1.165) is 10.1 Å². The summed E-state index contributed by atoms with van der Waals surface area (Å²) in [5.74, 6) is 0.535. The van der Waals surface area contributed by atoms with Crippen LogP contribution in [0.1, 0.15) is 20.8 Å². The molecule has 3 N–H and O–H groups in total. The SMILES string of the molecule is CC(C)=CCn1c(NC[C@H](C)N)nc2c1c(=O)n(C)c(=O)n2C. The van der Waals surface area contributed by atoms with Gasteiger partial charge in [-0.1, -0.05) is 11.6 Å². The Hall–Kier alpha value is -2.35. The van der Waals surface area contributed by atoms with E-state index in [2.05, 4.69) is 10.3 Å². The van der Waals surface area contributed by atoms with Gasteiger partial charge in [-0.2, -0.15) is 4.98 Å². The maximum atomic E-state index is 12.5. The topological polar surface area (TPSA) is 99.9 Å². The fraction of sp³-hybridized carbons (Fsp3) is 0.533. The first kappa shape index (κ1) is 17.0. The minimum Gasteiger partial charge on any atom is -0.354 e. The molecule has 0 fully saturated rings. The first-order valence-electron chi connectivity index (χ1n) is 7.53. The Labute approximate surface area is 134 Å². The van der Waals surface area contributed by atoms with E-state index in [4.69, 9.17) is 5.73 Å². The van der Waals surface area contributed by atoms with Crippen LogP contribution >= 0.6 is 0 Å². The lowest BCUT2D eigenvalue weighted by molar-refractivity contribution is 0.703. The molecule has 8 heteroatoms. The minimum atomic E-state index is -0.395. The number of nitrogens with one attached hydrogen (secondary N) is 1. The lowest BCUT2D eigenvalue weighted by atomic mass is 10.3. The normalized spacial score (nSPS) is 12.4. The first-order chi connectivity index (χ1) is 10.7. The van der Waals surface area contributed by atoms with E-state index in [0.29, 0.717) is 30.2 Å². The summed E-state index contributed by atoms with van der Waals surface area (Å²) < 4.78 is 4.26. The van der Waals surface area contributed by atoms with Crippen LogP contribution in [0.4, 0.5) is 5.95 Å². The summed E-state index contributed by atoms with van der Waals surface area (Å²) >= 11 is 0. The van der Waals surface area contributed by atoms with E-state index < -0.39 is 5.69 Å². The number of anilines is 1. The van der Waals surface area contributed by atoms with E-state index >= 15 is 0 Å². The zero-order chi connectivity index (χ0) is 17.3. The van der Waals surface area contributed by atoms with Crippen LogP contribution in [0.15, 0.2) is 21.2 Å². The molecule has 0 spiro atoms. The van der Waals surface area contributed by atoms with Crippen molar-refractivity contribution >= 4 is 17.1 Å². The number of hydrogen-bond donors (Lipinski definition) is 2. The van der Waals surface area contributed by atoms with Crippen molar-refractivity contribution in [1.82, 2.24) is 18.7 Å². The molecule has 0 radical (unpaired) electrons. The lowest BCUT2D eigenvalue weighted by Crippen LogP contribution is -2.37. The molecule has 8 nitrogen and oxygen atoms in total. The second kappa shape index (κ2) is 6.41. The summed E-state index contributed by atoms with van der Waals surface area (Å²) in [4.78, 5) is 29.1. The molecule has 0 aliphatic rings. The van der Waals surface area contributed by atoms with Crippen LogP contribution < -0.4 is 22.3 Å². The third-order valence-corrected chi connectivity index (χ3v) is 3.61. The second-order valence-electron chi connectivity index (χ2n) is 6.06. The van der Waals surface area contributed by atoms with Gasteiger partial charge in [0.05, 0.1) is 0 Å². The van der Waals surface area contributed by atoms with Gasteiger partial charge in [-0.05, 0) is 20.8 Å². The average molecular weight is 320 g/mol. The molecular weight excluding hydrogens is 296 g/mol. The molecule has 2 aromatic rings. The smallest absolute Gasteiger partial charge is 0.332 e. The Morgan fingerprint density at radius 1 is 1.30 bits per heavy atom. The second-order valence-corrected chi connectivity index (χ2v) is 6.06. The zero-order valence-electron chi connectivity index (χ0n) is 14.3. The minimum absolute atomic E-state index is 0.0571.